The molecule has 0 bridgehead atoms. The molecule has 96 valence electrons. The molecule has 0 aromatic heterocycles. The lowest BCUT2D eigenvalue weighted by molar-refractivity contribution is 0.0779. The molecule has 1 aromatic carbocycles. The maximum Gasteiger partial charge on any atom is 0.414 e. The van der Waals surface area contributed by atoms with E-state index < -0.39 is 18.3 Å². The van der Waals surface area contributed by atoms with Crippen LogP contribution in [0.2, 0.25) is 0 Å². The summed E-state index contributed by atoms with van der Waals surface area (Å²) in [6.45, 7) is 2.26. The number of rotatable bonds is 3. The molecule has 1 heterocycles. The van der Waals surface area contributed by atoms with Gasteiger partial charge in [-0.2, -0.15) is 0 Å². The normalized spacial score (nSPS) is 18.6. The molecule has 1 unspecified atom stereocenters. The number of nitrogens with two attached hydrogens (primary N) is 1. The zero-order valence-electron chi connectivity index (χ0n) is 9.96. The third kappa shape index (κ3) is 2.71. The highest BCUT2D eigenvalue weighted by Gasteiger charge is 2.33. The maximum absolute atomic E-state index is 11.7. The van der Waals surface area contributed by atoms with Gasteiger partial charge in [0.25, 0.3) is 0 Å². The topological polar surface area (TPSA) is 81.9 Å². The number of carbonyl (C=O) groups is 2. The number of hydrogen-bond donors (Lipinski definition) is 1. The van der Waals surface area contributed by atoms with Gasteiger partial charge in [0.05, 0.1) is 6.54 Å². The van der Waals surface area contributed by atoms with Gasteiger partial charge in [0, 0.05) is 5.69 Å². The van der Waals surface area contributed by atoms with E-state index in [1.54, 1.807) is 0 Å². The Bertz CT molecular complexity index is 475. The van der Waals surface area contributed by atoms with E-state index in [1.165, 1.54) is 4.90 Å². The molecular weight excluding hydrogens is 236 g/mol. The quantitative estimate of drug-likeness (QED) is 0.879. The van der Waals surface area contributed by atoms with Gasteiger partial charge in [-0.1, -0.05) is 12.1 Å². The number of primary amides is 1. The molecule has 2 rings (SSSR count). The number of benzene rings is 1. The predicted octanol–water partition coefficient (Wildman–Crippen LogP) is 1.42. The number of amides is 2. The molecule has 1 aliphatic heterocycles. The lowest BCUT2D eigenvalue weighted by Crippen LogP contribution is -2.27. The van der Waals surface area contributed by atoms with Crippen LogP contribution in [-0.4, -0.2) is 31.4 Å². The van der Waals surface area contributed by atoms with Crippen LogP contribution in [-0.2, 0) is 9.47 Å². The van der Waals surface area contributed by atoms with Gasteiger partial charge in [-0.05, 0) is 24.6 Å². The summed E-state index contributed by atoms with van der Waals surface area (Å²) in [4.78, 5) is 23.7. The second-order valence-corrected chi connectivity index (χ2v) is 4.09. The standard InChI is InChI=1S/C12H14N2O4/c1-8-3-2-4-9(5-8)14-6-10(18-12(14)16)7-17-11(13)15/h2-5,10H,6-7H2,1H3,(H2,13,15). The van der Waals surface area contributed by atoms with Gasteiger partial charge in [0.2, 0.25) is 0 Å². The summed E-state index contributed by atoms with van der Waals surface area (Å²) in [7, 11) is 0. The molecule has 1 fully saturated rings. The number of aryl methyl sites for hydroxylation is 1. The van der Waals surface area contributed by atoms with Crippen molar-refractivity contribution in [2.75, 3.05) is 18.1 Å². The fraction of sp³-hybridized carbons (Fsp3) is 0.333. The average molecular weight is 250 g/mol. The molecule has 0 saturated carbocycles. The summed E-state index contributed by atoms with van der Waals surface area (Å²) in [5.74, 6) is 0. The first-order valence-electron chi connectivity index (χ1n) is 5.53. The summed E-state index contributed by atoms with van der Waals surface area (Å²) >= 11 is 0. The van der Waals surface area contributed by atoms with E-state index in [-0.39, 0.29) is 6.61 Å². The number of anilines is 1. The number of cyclic esters (lactones) is 1. The van der Waals surface area contributed by atoms with Gasteiger partial charge < -0.3 is 15.2 Å². The highest BCUT2D eigenvalue weighted by molar-refractivity contribution is 5.89. The first-order chi connectivity index (χ1) is 8.56. The van der Waals surface area contributed by atoms with Crippen LogP contribution >= 0.6 is 0 Å². The molecule has 18 heavy (non-hydrogen) atoms. The Morgan fingerprint density at radius 3 is 3.06 bits per heavy atom. The summed E-state index contributed by atoms with van der Waals surface area (Å²) in [5.41, 5.74) is 6.67. The van der Waals surface area contributed by atoms with E-state index in [0.717, 1.165) is 11.3 Å². The maximum atomic E-state index is 11.7. The molecule has 2 amide bonds. The van der Waals surface area contributed by atoms with E-state index in [9.17, 15) is 9.59 Å². The Hall–Kier alpha value is -2.24. The highest BCUT2D eigenvalue weighted by atomic mass is 16.6. The van der Waals surface area contributed by atoms with Crippen molar-refractivity contribution in [2.24, 2.45) is 5.73 Å². The molecule has 0 aliphatic carbocycles. The minimum Gasteiger partial charge on any atom is -0.446 e. The first-order valence-corrected chi connectivity index (χ1v) is 5.53. The second kappa shape index (κ2) is 4.95. The van der Waals surface area contributed by atoms with Gasteiger partial charge in [-0.3, -0.25) is 4.90 Å². The van der Waals surface area contributed by atoms with Crippen molar-refractivity contribution in [3.8, 4) is 0 Å². The molecule has 6 heteroatoms. The van der Waals surface area contributed by atoms with Gasteiger partial charge in [-0.25, -0.2) is 9.59 Å². The van der Waals surface area contributed by atoms with Gasteiger partial charge >= 0.3 is 12.2 Å². The summed E-state index contributed by atoms with van der Waals surface area (Å²) in [6.07, 6.45) is -1.80. The van der Waals surface area contributed by atoms with Crippen molar-refractivity contribution < 1.29 is 19.1 Å². The average Bonchev–Trinajstić information content (AvgIpc) is 2.68. The molecular formula is C12H14N2O4. The van der Waals surface area contributed by atoms with Crippen LogP contribution in [0.4, 0.5) is 15.3 Å². The van der Waals surface area contributed by atoms with Gasteiger partial charge in [0.1, 0.15) is 6.61 Å². The minimum atomic E-state index is -0.875. The third-order valence-corrected chi connectivity index (χ3v) is 2.60. The molecule has 0 spiro atoms. The molecule has 1 atom stereocenters. The van der Waals surface area contributed by atoms with Gasteiger partial charge in [0.15, 0.2) is 6.10 Å². The molecule has 1 aromatic rings. The molecule has 1 saturated heterocycles. The smallest absolute Gasteiger partial charge is 0.414 e. The van der Waals surface area contributed by atoms with Crippen molar-refractivity contribution in [3.63, 3.8) is 0 Å². The van der Waals surface area contributed by atoms with E-state index in [1.807, 2.05) is 31.2 Å². The Morgan fingerprint density at radius 2 is 2.39 bits per heavy atom. The summed E-state index contributed by atoms with van der Waals surface area (Å²) in [6, 6.07) is 7.52. The Morgan fingerprint density at radius 1 is 1.61 bits per heavy atom. The monoisotopic (exact) mass is 250 g/mol. The number of hydrogen-bond acceptors (Lipinski definition) is 4. The van der Waals surface area contributed by atoms with Crippen molar-refractivity contribution in [3.05, 3.63) is 29.8 Å². The van der Waals surface area contributed by atoms with Crippen LogP contribution in [0.5, 0.6) is 0 Å². The van der Waals surface area contributed by atoms with E-state index in [2.05, 4.69) is 4.74 Å². The van der Waals surface area contributed by atoms with Crippen LogP contribution in [0, 0.1) is 6.92 Å². The minimum absolute atomic E-state index is 0.0244. The van der Waals surface area contributed by atoms with Crippen molar-refractivity contribution in [1.29, 1.82) is 0 Å². The molecule has 6 nitrogen and oxygen atoms in total. The van der Waals surface area contributed by atoms with E-state index in [4.69, 9.17) is 10.5 Å². The zero-order valence-corrected chi connectivity index (χ0v) is 9.96. The predicted molar refractivity (Wildman–Crippen MR) is 64.3 cm³/mol. The molecule has 2 N–H and O–H groups in total. The zero-order chi connectivity index (χ0) is 13.1. The Labute approximate surface area is 104 Å². The lowest BCUT2D eigenvalue weighted by Gasteiger charge is -2.13. The van der Waals surface area contributed by atoms with Crippen LogP contribution in [0.25, 0.3) is 0 Å². The summed E-state index contributed by atoms with van der Waals surface area (Å²) in [5, 5.41) is 0. The lowest BCUT2D eigenvalue weighted by atomic mass is 10.2. The first kappa shape index (κ1) is 12.2. The Balaban J connectivity index is 2.03. The molecule has 1 aliphatic rings. The van der Waals surface area contributed by atoms with Crippen LogP contribution in [0.3, 0.4) is 0 Å². The largest absolute Gasteiger partial charge is 0.446 e. The number of nitrogens with zero attached hydrogens (tertiary/aromatic N) is 1. The molecule has 0 radical (unpaired) electrons. The second-order valence-electron chi connectivity index (χ2n) is 4.09. The van der Waals surface area contributed by atoms with Crippen molar-refractivity contribution in [2.45, 2.75) is 13.0 Å². The van der Waals surface area contributed by atoms with E-state index in [0.29, 0.717) is 6.54 Å². The SMILES string of the molecule is Cc1cccc(N2CC(COC(N)=O)OC2=O)c1. The fourth-order valence-electron chi connectivity index (χ4n) is 1.79. The van der Waals surface area contributed by atoms with E-state index >= 15 is 0 Å². The van der Waals surface area contributed by atoms with Crippen molar-refractivity contribution in [1.82, 2.24) is 0 Å². The third-order valence-electron chi connectivity index (χ3n) is 2.60. The number of ether oxygens (including phenoxy) is 2. The fourth-order valence-corrected chi connectivity index (χ4v) is 1.79. The van der Waals surface area contributed by atoms with Crippen LogP contribution < -0.4 is 10.6 Å². The summed E-state index contributed by atoms with van der Waals surface area (Å²) < 4.78 is 9.69. The van der Waals surface area contributed by atoms with Crippen molar-refractivity contribution >= 4 is 17.9 Å². The number of carbonyl (C=O) groups excluding carboxylic acids is 2. The highest BCUT2D eigenvalue weighted by Crippen LogP contribution is 2.22. The van der Waals surface area contributed by atoms with Crippen LogP contribution in [0.15, 0.2) is 24.3 Å². The Kier molecular flexibility index (Phi) is 3.36. The van der Waals surface area contributed by atoms with Crippen LogP contribution in [0.1, 0.15) is 5.56 Å². The van der Waals surface area contributed by atoms with Gasteiger partial charge in [-0.15, -0.1) is 0 Å².